The summed E-state index contributed by atoms with van der Waals surface area (Å²) in [6.45, 7) is 4.28. The molecular weight excluding hydrogens is 774 g/mol. The van der Waals surface area contributed by atoms with Crippen molar-refractivity contribution in [2.24, 2.45) is 0 Å². The van der Waals surface area contributed by atoms with Crippen LogP contribution in [0.5, 0.6) is 0 Å². The number of hydrogen-bond acceptors (Lipinski definition) is 7. The van der Waals surface area contributed by atoms with Crippen LogP contribution in [0.3, 0.4) is 0 Å². The van der Waals surface area contributed by atoms with Gasteiger partial charge >= 0.3 is 19.8 Å². The van der Waals surface area contributed by atoms with Crippen LogP contribution in [0.2, 0.25) is 0 Å². The minimum atomic E-state index is -4.39. The first kappa shape index (κ1) is 57.7. The fourth-order valence-corrected chi connectivity index (χ4v) is 7.08. The molecule has 0 saturated heterocycles. The molecule has 0 aromatic carbocycles. The minimum Gasteiger partial charge on any atom is -0.462 e. The van der Waals surface area contributed by atoms with Crippen molar-refractivity contribution in [1.82, 2.24) is 0 Å². The zero-order valence-corrected chi connectivity index (χ0v) is 40.1. The van der Waals surface area contributed by atoms with E-state index < -0.39 is 32.5 Å². The van der Waals surface area contributed by atoms with E-state index in [1.54, 1.807) is 0 Å². The van der Waals surface area contributed by atoms with Gasteiger partial charge in [0.25, 0.3) is 0 Å². The molecule has 0 aliphatic rings. The smallest absolute Gasteiger partial charge is 0.462 e. The molecule has 0 bridgehead atoms. The van der Waals surface area contributed by atoms with Gasteiger partial charge in [-0.25, -0.2) is 4.57 Å². The van der Waals surface area contributed by atoms with E-state index >= 15 is 0 Å². The Labute approximate surface area is 368 Å². The fourth-order valence-electron chi connectivity index (χ4n) is 6.33. The van der Waals surface area contributed by atoms with Gasteiger partial charge < -0.3 is 18.9 Å². The standard InChI is InChI=1S/C50H90NO8P/c1-6-8-10-12-14-16-18-20-22-24-25-27-28-30-32-34-36-38-40-42-49(52)56-46-48(47-58-60(54,55)57-45-44-51(3,4)5)59-50(53)43-41-39-37-35-33-31-29-26-23-21-19-17-15-13-11-9-7-2/h8,10,14,16,20,22,25,27,30,32,48H,6-7,9,11-13,15,17-19,21,23-24,26,28-29,31,33-47H2,1-5H3/p+1/b10-8+,16-14+,22-20+,27-25+,32-30+/t48-/m1/s1. The summed E-state index contributed by atoms with van der Waals surface area (Å²) in [5.41, 5.74) is 0. The maximum Gasteiger partial charge on any atom is 0.472 e. The number of ether oxygens (including phenoxy) is 2. The number of rotatable bonds is 43. The van der Waals surface area contributed by atoms with E-state index in [0.717, 1.165) is 64.2 Å². The predicted molar refractivity (Wildman–Crippen MR) is 252 cm³/mol. The third kappa shape index (κ3) is 45.2. The second kappa shape index (κ2) is 42.0. The van der Waals surface area contributed by atoms with Crippen LogP contribution in [-0.4, -0.2) is 74.9 Å². The van der Waals surface area contributed by atoms with Gasteiger partial charge in [-0.3, -0.25) is 18.6 Å². The molecule has 10 heteroatoms. The number of carbonyl (C=O) groups excluding carboxylic acids is 2. The van der Waals surface area contributed by atoms with Gasteiger partial charge in [0.2, 0.25) is 0 Å². The summed E-state index contributed by atoms with van der Waals surface area (Å²) in [4.78, 5) is 35.5. The molecule has 0 heterocycles. The average Bonchev–Trinajstić information content (AvgIpc) is 3.20. The molecule has 0 saturated carbocycles. The maximum atomic E-state index is 12.7. The van der Waals surface area contributed by atoms with E-state index in [-0.39, 0.29) is 26.1 Å². The molecule has 9 nitrogen and oxygen atoms in total. The summed E-state index contributed by atoms with van der Waals surface area (Å²) in [5.74, 6) is -0.833. The molecule has 0 fully saturated rings. The van der Waals surface area contributed by atoms with E-state index in [9.17, 15) is 19.0 Å². The van der Waals surface area contributed by atoms with Gasteiger partial charge in [-0.2, -0.15) is 0 Å². The molecule has 0 aromatic heterocycles. The second-order valence-corrected chi connectivity index (χ2v) is 18.6. The number of likely N-dealkylation sites (N-methyl/N-ethyl adjacent to an activating group) is 1. The van der Waals surface area contributed by atoms with Gasteiger partial charge in [-0.1, -0.05) is 184 Å². The van der Waals surface area contributed by atoms with Gasteiger partial charge in [0.15, 0.2) is 6.10 Å². The molecule has 2 atom stereocenters. The topological polar surface area (TPSA) is 108 Å². The lowest BCUT2D eigenvalue weighted by molar-refractivity contribution is -0.870. The highest BCUT2D eigenvalue weighted by Gasteiger charge is 2.27. The van der Waals surface area contributed by atoms with Gasteiger partial charge in [-0.15, -0.1) is 0 Å². The summed E-state index contributed by atoms with van der Waals surface area (Å²) in [6.07, 6.45) is 51.2. The SMILES string of the molecule is CC/C=C/C/C=C/C/C=C/C/C=C/C/C=C/CCCCCC(=O)OC[C@H](COP(=O)(O)OCC[N+](C)(C)C)OC(=O)CCCCCCCCCCCCCCCCCCC. The molecule has 0 aliphatic heterocycles. The Morgan fingerprint density at radius 2 is 0.950 bits per heavy atom. The van der Waals surface area contributed by atoms with Crippen LogP contribution >= 0.6 is 7.82 Å². The van der Waals surface area contributed by atoms with E-state index in [1.807, 2.05) is 21.1 Å². The molecule has 60 heavy (non-hydrogen) atoms. The second-order valence-electron chi connectivity index (χ2n) is 17.1. The first-order valence-electron chi connectivity index (χ1n) is 24.0. The average molecular weight is 865 g/mol. The lowest BCUT2D eigenvalue weighted by Crippen LogP contribution is -2.37. The number of allylic oxidation sites excluding steroid dienone is 10. The zero-order chi connectivity index (χ0) is 44.3. The van der Waals surface area contributed by atoms with Crippen LogP contribution in [0.1, 0.15) is 194 Å². The van der Waals surface area contributed by atoms with Crippen molar-refractivity contribution in [1.29, 1.82) is 0 Å². The highest BCUT2D eigenvalue weighted by molar-refractivity contribution is 7.47. The van der Waals surface area contributed by atoms with E-state index in [2.05, 4.69) is 74.6 Å². The van der Waals surface area contributed by atoms with Crippen molar-refractivity contribution in [3.8, 4) is 0 Å². The first-order chi connectivity index (χ1) is 29.0. The summed E-state index contributed by atoms with van der Waals surface area (Å²) in [5, 5.41) is 0. The number of nitrogens with zero attached hydrogens (tertiary/aromatic N) is 1. The lowest BCUT2D eigenvalue weighted by atomic mass is 10.0. The molecule has 0 aromatic rings. The Kier molecular flexibility index (Phi) is 40.4. The van der Waals surface area contributed by atoms with Crippen LogP contribution in [0.25, 0.3) is 0 Å². The Bertz CT molecular complexity index is 1210. The number of hydrogen-bond donors (Lipinski definition) is 1. The van der Waals surface area contributed by atoms with Crippen molar-refractivity contribution in [3.63, 3.8) is 0 Å². The number of esters is 2. The van der Waals surface area contributed by atoms with Crippen molar-refractivity contribution >= 4 is 19.8 Å². The summed E-state index contributed by atoms with van der Waals surface area (Å²) < 4.78 is 34.4. The number of carbonyl (C=O) groups is 2. The van der Waals surface area contributed by atoms with Crippen molar-refractivity contribution < 1.29 is 42.1 Å². The predicted octanol–water partition coefficient (Wildman–Crippen LogP) is 14.0. The molecule has 0 aliphatic carbocycles. The zero-order valence-electron chi connectivity index (χ0n) is 39.2. The fraction of sp³-hybridized carbons (Fsp3) is 0.760. The van der Waals surface area contributed by atoms with Gasteiger partial charge in [0, 0.05) is 12.8 Å². The third-order valence-electron chi connectivity index (χ3n) is 10.1. The normalized spacial score (nSPS) is 14.0. The quantitative estimate of drug-likeness (QED) is 0.0212. The third-order valence-corrected chi connectivity index (χ3v) is 11.0. The molecule has 0 radical (unpaired) electrons. The number of phosphoric acid groups is 1. The van der Waals surface area contributed by atoms with Gasteiger partial charge in [-0.05, 0) is 57.8 Å². The molecule has 348 valence electrons. The van der Waals surface area contributed by atoms with Crippen molar-refractivity contribution in [2.45, 2.75) is 200 Å². The summed E-state index contributed by atoms with van der Waals surface area (Å²) in [7, 11) is 1.45. The minimum absolute atomic E-state index is 0.0249. The molecular formula is C50H91NO8P+. The summed E-state index contributed by atoms with van der Waals surface area (Å²) in [6, 6.07) is 0. The summed E-state index contributed by atoms with van der Waals surface area (Å²) >= 11 is 0. The first-order valence-corrected chi connectivity index (χ1v) is 25.5. The van der Waals surface area contributed by atoms with Crippen molar-refractivity contribution in [3.05, 3.63) is 60.8 Å². The van der Waals surface area contributed by atoms with E-state index in [0.29, 0.717) is 23.9 Å². The number of quaternary nitrogens is 1. The Hall–Kier alpha value is -2.29. The van der Waals surface area contributed by atoms with Gasteiger partial charge in [0.05, 0.1) is 27.7 Å². The Morgan fingerprint density at radius 3 is 1.42 bits per heavy atom. The molecule has 1 unspecified atom stereocenters. The van der Waals surface area contributed by atoms with Crippen LogP contribution in [0.4, 0.5) is 0 Å². The van der Waals surface area contributed by atoms with Crippen molar-refractivity contribution in [2.75, 3.05) is 47.5 Å². The highest BCUT2D eigenvalue weighted by atomic mass is 31.2. The van der Waals surface area contributed by atoms with Crippen LogP contribution < -0.4 is 0 Å². The Balaban J connectivity index is 4.36. The van der Waals surface area contributed by atoms with E-state index in [1.165, 1.54) is 89.9 Å². The molecule has 0 rings (SSSR count). The van der Waals surface area contributed by atoms with Crippen LogP contribution in [0, 0.1) is 0 Å². The van der Waals surface area contributed by atoms with Crippen LogP contribution in [-0.2, 0) is 32.7 Å². The van der Waals surface area contributed by atoms with Crippen LogP contribution in [0.15, 0.2) is 60.8 Å². The number of phosphoric ester groups is 1. The largest absolute Gasteiger partial charge is 0.472 e. The molecule has 0 amide bonds. The molecule has 0 spiro atoms. The Morgan fingerprint density at radius 1 is 0.533 bits per heavy atom. The molecule has 1 N–H and O–H groups in total. The van der Waals surface area contributed by atoms with E-state index in [4.69, 9.17) is 18.5 Å². The monoisotopic (exact) mass is 865 g/mol. The maximum absolute atomic E-state index is 12.7. The highest BCUT2D eigenvalue weighted by Crippen LogP contribution is 2.43. The van der Waals surface area contributed by atoms with Gasteiger partial charge in [0.1, 0.15) is 19.8 Å². The lowest BCUT2D eigenvalue weighted by Gasteiger charge is -2.24. The number of unbranched alkanes of at least 4 members (excludes halogenated alkanes) is 19.